The molecule has 0 aliphatic heterocycles. The zero-order valence-corrected chi connectivity index (χ0v) is 11.1. The summed E-state index contributed by atoms with van der Waals surface area (Å²) in [6.07, 6.45) is 0. The van der Waals surface area contributed by atoms with Gasteiger partial charge in [-0.15, -0.1) is 0 Å². The van der Waals surface area contributed by atoms with Gasteiger partial charge in [-0.05, 0) is 5.92 Å². The van der Waals surface area contributed by atoms with E-state index in [4.69, 9.17) is 5.26 Å². The van der Waals surface area contributed by atoms with E-state index in [9.17, 15) is 10.2 Å². The summed E-state index contributed by atoms with van der Waals surface area (Å²) in [5.41, 5.74) is 0.252. The monoisotopic (exact) mass is 236 g/mol. The molecule has 1 heterocycles. The van der Waals surface area contributed by atoms with Gasteiger partial charge in [0, 0.05) is 12.0 Å². The first-order chi connectivity index (χ1) is 7.70. The lowest BCUT2D eigenvalue weighted by molar-refractivity contribution is 0.368. The van der Waals surface area contributed by atoms with Gasteiger partial charge in [-0.1, -0.05) is 34.6 Å². The van der Waals surface area contributed by atoms with Crippen molar-refractivity contribution in [3.8, 4) is 17.7 Å². The molecule has 0 radical (unpaired) electrons. The molecular formula is C13H20N2O2. The van der Waals surface area contributed by atoms with Gasteiger partial charge in [-0.2, -0.15) is 5.26 Å². The quantitative estimate of drug-likeness (QED) is 0.829. The van der Waals surface area contributed by atoms with Crippen LogP contribution in [0.3, 0.4) is 0 Å². The van der Waals surface area contributed by atoms with E-state index >= 15 is 0 Å². The summed E-state index contributed by atoms with van der Waals surface area (Å²) >= 11 is 0. The van der Waals surface area contributed by atoms with Crippen molar-refractivity contribution in [3.05, 3.63) is 11.3 Å². The molecule has 4 nitrogen and oxygen atoms in total. The van der Waals surface area contributed by atoms with Crippen LogP contribution in [0, 0.1) is 17.2 Å². The highest BCUT2D eigenvalue weighted by molar-refractivity contribution is 5.56. The molecule has 94 valence electrons. The second kappa shape index (κ2) is 4.33. The van der Waals surface area contributed by atoms with E-state index in [2.05, 4.69) is 0 Å². The molecule has 17 heavy (non-hydrogen) atoms. The zero-order chi connectivity index (χ0) is 13.4. The first kappa shape index (κ1) is 13.4. The van der Waals surface area contributed by atoms with Crippen LogP contribution in [0.15, 0.2) is 0 Å². The van der Waals surface area contributed by atoms with Crippen LogP contribution in [-0.4, -0.2) is 14.8 Å². The van der Waals surface area contributed by atoms with Gasteiger partial charge < -0.3 is 14.8 Å². The molecule has 0 amide bonds. The molecule has 1 aromatic rings. The summed E-state index contributed by atoms with van der Waals surface area (Å²) in [6.45, 7) is 10.5. The van der Waals surface area contributed by atoms with Crippen molar-refractivity contribution in [1.82, 2.24) is 4.57 Å². The van der Waals surface area contributed by atoms with Crippen LogP contribution in [0.2, 0.25) is 0 Å². The van der Waals surface area contributed by atoms with Gasteiger partial charge >= 0.3 is 0 Å². The van der Waals surface area contributed by atoms with Gasteiger partial charge in [0.2, 0.25) is 5.88 Å². The lowest BCUT2D eigenvalue weighted by atomic mass is 9.91. The van der Waals surface area contributed by atoms with Crippen LogP contribution in [0.5, 0.6) is 11.6 Å². The van der Waals surface area contributed by atoms with Crippen molar-refractivity contribution in [1.29, 1.82) is 5.26 Å². The number of hydrogen-bond acceptors (Lipinski definition) is 3. The molecule has 1 rings (SSSR count). The smallest absolute Gasteiger partial charge is 0.213 e. The maximum atomic E-state index is 10.0. The van der Waals surface area contributed by atoms with Gasteiger partial charge in [0.1, 0.15) is 6.07 Å². The van der Waals surface area contributed by atoms with Crippen LogP contribution < -0.4 is 0 Å². The molecular weight excluding hydrogens is 216 g/mol. The minimum atomic E-state index is -0.328. The standard InChI is InChI=1S/C13H20N2O2/c1-8(2)7-15-11(13(3,4)5)10(16)9(6-14)12(15)17/h8,16-17H,7H2,1-5H3. The lowest BCUT2D eigenvalue weighted by Gasteiger charge is -2.23. The van der Waals surface area contributed by atoms with Crippen molar-refractivity contribution in [2.45, 2.75) is 46.6 Å². The van der Waals surface area contributed by atoms with E-state index < -0.39 is 0 Å². The third-order valence-electron chi connectivity index (χ3n) is 2.58. The van der Waals surface area contributed by atoms with Gasteiger partial charge in [-0.25, -0.2) is 0 Å². The topological polar surface area (TPSA) is 69.2 Å². The highest BCUT2D eigenvalue weighted by Gasteiger charge is 2.30. The summed E-state index contributed by atoms with van der Waals surface area (Å²) < 4.78 is 1.64. The third kappa shape index (κ3) is 2.38. The second-order valence-electron chi connectivity index (χ2n) is 5.76. The Kier molecular flexibility index (Phi) is 3.42. The molecule has 0 bridgehead atoms. The minimum absolute atomic E-state index is 0.0319. The van der Waals surface area contributed by atoms with Crippen LogP contribution in [-0.2, 0) is 12.0 Å². The summed E-state index contributed by atoms with van der Waals surface area (Å²) in [6, 6.07) is 1.85. The molecule has 0 saturated carbocycles. The van der Waals surface area contributed by atoms with E-state index in [1.807, 2.05) is 40.7 Å². The Bertz CT molecular complexity index is 459. The summed E-state index contributed by atoms with van der Waals surface area (Å²) in [5.74, 6) is 0.0853. The van der Waals surface area contributed by atoms with Crippen molar-refractivity contribution >= 4 is 0 Å². The van der Waals surface area contributed by atoms with Gasteiger partial charge in [-0.3, -0.25) is 0 Å². The Hall–Kier alpha value is -1.63. The number of nitriles is 1. The molecule has 0 aliphatic carbocycles. The summed E-state index contributed by atoms with van der Waals surface area (Å²) in [7, 11) is 0. The molecule has 0 spiro atoms. The number of hydrogen-bond donors (Lipinski definition) is 2. The SMILES string of the molecule is CC(C)Cn1c(O)c(C#N)c(O)c1C(C)(C)C. The molecule has 0 fully saturated rings. The van der Waals surface area contributed by atoms with E-state index in [0.29, 0.717) is 18.2 Å². The Balaban J connectivity index is 3.51. The molecule has 0 saturated heterocycles. The highest BCUT2D eigenvalue weighted by Crippen LogP contribution is 2.40. The Morgan fingerprint density at radius 1 is 1.29 bits per heavy atom. The number of aromatic nitrogens is 1. The Morgan fingerprint density at radius 3 is 2.18 bits per heavy atom. The minimum Gasteiger partial charge on any atom is -0.505 e. The molecule has 4 heteroatoms. The predicted molar refractivity (Wildman–Crippen MR) is 66.0 cm³/mol. The van der Waals surface area contributed by atoms with Crippen molar-refractivity contribution in [2.75, 3.05) is 0 Å². The van der Waals surface area contributed by atoms with E-state index in [0.717, 1.165) is 0 Å². The maximum absolute atomic E-state index is 10.0. The second-order valence-corrected chi connectivity index (χ2v) is 5.76. The van der Waals surface area contributed by atoms with Gasteiger partial charge in [0.25, 0.3) is 0 Å². The van der Waals surface area contributed by atoms with Gasteiger partial charge in [0.05, 0.1) is 5.69 Å². The van der Waals surface area contributed by atoms with E-state index in [1.54, 1.807) is 4.57 Å². The summed E-state index contributed by atoms with van der Waals surface area (Å²) in [5, 5.41) is 29.0. The maximum Gasteiger partial charge on any atom is 0.213 e. The zero-order valence-electron chi connectivity index (χ0n) is 11.1. The van der Waals surface area contributed by atoms with Gasteiger partial charge in [0.15, 0.2) is 11.3 Å². The first-order valence-corrected chi connectivity index (χ1v) is 5.75. The average molecular weight is 236 g/mol. The largest absolute Gasteiger partial charge is 0.505 e. The molecule has 0 unspecified atom stereocenters. The van der Waals surface area contributed by atoms with Crippen molar-refractivity contribution < 1.29 is 10.2 Å². The van der Waals surface area contributed by atoms with Crippen LogP contribution in [0.1, 0.15) is 45.9 Å². The first-order valence-electron chi connectivity index (χ1n) is 5.75. The Labute approximate surface area is 102 Å². The third-order valence-corrected chi connectivity index (χ3v) is 2.58. The summed E-state index contributed by atoms with van der Waals surface area (Å²) in [4.78, 5) is 0. The fraction of sp³-hybridized carbons (Fsp3) is 0.615. The van der Waals surface area contributed by atoms with E-state index in [-0.39, 0.29) is 22.6 Å². The van der Waals surface area contributed by atoms with Crippen molar-refractivity contribution in [2.24, 2.45) is 5.92 Å². The fourth-order valence-corrected chi connectivity index (χ4v) is 2.00. The molecule has 0 aromatic carbocycles. The molecule has 0 aliphatic rings. The average Bonchev–Trinajstić information content (AvgIpc) is 2.36. The number of nitrogens with zero attached hydrogens (tertiary/aromatic N) is 2. The molecule has 1 aromatic heterocycles. The fourth-order valence-electron chi connectivity index (χ4n) is 2.00. The van der Waals surface area contributed by atoms with Crippen molar-refractivity contribution in [3.63, 3.8) is 0 Å². The predicted octanol–water partition coefficient (Wildman–Crippen LogP) is 2.72. The van der Waals surface area contributed by atoms with Crippen LogP contribution >= 0.6 is 0 Å². The number of rotatable bonds is 2. The normalized spacial score (nSPS) is 11.8. The van der Waals surface area contributed by atoms with Crippen LogP contribution in [0.25, 0.3) is 0 Å². The lowest BCUT2D eigenvalue weighted by Crippen LogP contribution is -2.19. The molecule has 2 N–H and O–H groups in total. The molecule has 0 atom stereocenters. The van der Waals surface area contributed by atoms with Crippen LogP contribution in [0.4, 0.5) is 0 Å². The highest BCUT2D eigenvalue weighted by atomic mass is 16.3. The Morgan fingerprint density at radius 2 is 1.82 bits per heavy atom. The number of aromatic hydroxyl groups is 2. The van der Waals surface area contributed by atoms with E-state index in [1.165, 1.54) is 0 Å².